The Morgan fingerprint density at radius 3 is 2.04 bits per heavy atom. The van der Waals surface area contributed by atoms with Crippen LogP contribution in [0, 0.1) is 5.92 Å². The molecule has 0 aliphatic carbocycles. The first-order chi connectivity index (χ1) is 12.2. The van der Waals surface area contributed by atoms with E-state index in [1.165, 1.54) is 44.9 Å². The topological polar surface area (TPSA) is 58.6 Å². The molecule has 0 aromatic rings. The first-order valence-corrected chi connectivity index (χ1v) is 10.8. The van der Waals surface area contributed by atoms with Gasteiger partial charge in [-0.3, -0.25) is 4.79 Å². The third-order valence-corrected chi connectivity index (χ3v) is 4.39. The van der Waals surface area contributed by atoms with Crippen LogP contribution >= 0.6 is 0 Å². The Kier molecular flexibility index (Phi) is 14.1. The van der Waals surface area contributed by atoms with Crippen molar-refractivity contribution in [3.63, 3.8) is 0 Å². The summed E-state index contributed by atoms with van der Waals surface area (Å²) in [7, 11) is 0. The molecule has 2 atom stereocenters. The summed E-state index contributed by atoms with van der Waals surface area (Å²) in [4.78, 5) is 12.3. The minimum Gasteiger partial charge on any atom is -0.459 e. The number of ether oxygens (including phenoxy) is 1. The number of carbonyl (C=O) groups excluding carboxylic acids is 1. The fourth-order valence-electron chi connectivity index (χ4n) is 3.00. The molecule has 2 N–H and O–H groups in total. The number of rotatable bonds is 15. The average Bonchev–Trinajstić information content (AvgIpc) is 2.51. The predicted molar refractivity (Wildman–Crippen MR) is 110 cm³/mol. The lowest BCUT2D eigenvalue weighted by molar-refractivity contribution is -0.158. The molecule has 0 rings (SSSR count). The Balaban J connectivity index is 4.01. The van der Waals surface area contributed by atoms with Gasteiger partial charge in [0, 0.05) is 6.54 Å². The SMILES string of the molecule is CCCCCCCCCCC(O)CN[C@@H](CC(C)C)C(=O)OC(C)(C)C. The zero-order valence-corrected chi connectivity index (χ0v) is 18.3. The summed E-state index contributed by atoms with van der Waals surface area (Å²) in [5.41, 5.74) is -0.482. The molecule has 4 heteroatoms. The minimum atomic E-state index is -0.482. The molecule has 0 fully saturated rings. The molecule has 0 amide bonds. The van der Waals surface area contributed by atoms with Crippen LogP contribution in [0.4, 0.5) is 0 Å². The number of hydrogen-bond acceptors (Lipinski definition) is 4. The van der Waals surface area contributed by atoms with Crippen molar-refractivity contribution >= 4 is 5.97 Å². The first-order valence-electron chi connectivity index (χ1n) is 10.8. The zero-order valence-electron chi connectivity index (χ0n) is 18.3. The monoisotopic (exact) mass is 371 g/mol. The smallest absolute Gasteiger partial charge is 0.323 e. The van der Waals surface area contributed by atoms with Gasteiger partial charge < -0.3 is 15.2 Å². The van der Waals surface area contributed by atoms with Gasteiger partial charge in [0.15, 0.2) is 0 Å². The Labute approximate surface area is 162 Å². The van der Waals surface area contributed by atoms with Gasteiger partial charge in [-0.1, -0.05) is 72.1 Å². The molecule has 0 saturated heterocycles. The van der Waals surface area contributed by atoms with E-state index in [0.29, 0.717) is 12.5 Å². The Morgan fingerprint density at radius 2 is 1.54 bits per heavy atom. The Morgan fingerprint density at radius 1 is 1.00 bits per heavy atom. The van der Waals surface area contributed by atoms with Gasteiger partial charge in [-0.2, -0.15) is 0 Å². The molecule has 0 radical (unpaired) electrons. The fourth-order valence-corrected chi connectivity index (χ4v) is 3.00. The fraction of sp³-hybridized carbons (Fsp3) is 0.955. The summed E-state index contributed by atoms with van der Waals surface area (Å²) >= 11 is 0. The van der Waals surface area contributed by atoms with Crippen LogP contribution in [0.5, 0.6) is 0 Å². The van der Waals surface area contributed by atoms with Crippen molar-refractivity contribution in [2.75, 3.05) is 6.54 Å². The van der Waals surface area contributed by atoms with Crippen molar-refractivity contribution in [1.82, 2.24) is 5.32 Å². The van der Waals surface area contributed by atoms with E-state index in [1.807, 2.05) is 20.8 Å². The number of hydrogen-bond donors (Lipinski definition) is 2. The van der Waals surface area contributed by atoms with Crippen molar-refractivity contribution < 1.29 is 14.6 Å². The number of unbranched alkanes of at least 4 members (excludes halogenated alkanes) is 7. The molecule has 0 heterocycles. The van der Waals surface area contributed by atoms with Crippen molar-refractivity contribution in [2.24, 2.45) is 5.92 Å². The normalized spacial score (nSPS) is 14.5. The maximum Gasteiger partial charge on any atom is 0.323 e. The third kappa shape index (κ3) is 15.6. The van der Waals surface area contributed by atoms with Gasteiger partial charge >= 0.3 is 5.97 Å². The average molecular weight is 372 g/mol. The van der Waals surface area contributed by atoms with Crippen molar-refractivity contribution in [1.29, 1.82) is 0 Å². The highest BCUT2D eigenvalue weighted by molar-refractivity contribution is 5.76. The van der Waals surface area contributed by atoms with Gasteiger partial charge in [0.2, 0.25) is 0 Å². The number of esters is 1. The highest BCUT2D eigenvalue weighted by Gasteiger charge is 2.26. The molecule has 0 aromatic carbocycles. The van der Waals surface area contributed by atoms with Crippen LogP contribution in [0.2, 0.25) is 0 Å². The highest BCUT2D eigenvalue weighted by atomic mass is 16.6. The van der Waals surface area contributed by atoms with Crippen molar-refractivity contribution in [3.8, 4) is 0 Å². The number of nitrogens with one attached hydrogen (secondary N) is 1. The lowest BCUT2D eigenvalue weighted by Crippen LogP contribution is -2.44. The van der Waals surface area contributed by atoms with Crippen molar-refractivity contribution in [3.05, 3.63) is 0 Å². The molecule has 0 saturated carbocycles. The number of carbonyl (C=O) groups is 1. The second-order valence-corrected chi connectivity index (χ2v) is 9.04. The standard InChI is InChI=1S/C22H45NO3/c1-7-8-9-10-11-12-13-14-15-19(24)17-23-20(16-18(2)3)21(25)26-22(4,5)6/h18-20,23-24H,7-17H2,1-6H3/t19?,20-/m0/s1. The molecule has 26 heavy (non-hydrogen) atoms. The van der Waals surface area contributed by atoms with Gasteiger partial charge in [0.05, 0.1) is 6.10 Å². The van der Waals surface area contributed by atoms with E-state index < -0.39 is 11.7 Å². The summed E-state index contributed by atoms with van der Waals surface area (Å²) in [5.74, 6) is 0.176. The molecule has 0 aliphatic heterocycles. The zero-order chi connectivity index (χ0) is 20.0. The van der Waals surface area contributed by atoms with Gasteiger partial charge in [-0.25, -0.2) is 0 Å². The van der Waals surface area contributed by atoms with E-state index in [0.717, 1.165) is 19.3 Å². The summed E-state index contributed by atoms with van der Waals surface area (Å²) in [6.07, 6.45) is 11.3. The van der Waals surface area contributed by atoms with Crippen molar-refractivity contribution in [2.45, 2.75) is 123 Å². The second kappa shape index (κ2) is 14.4. The van der Waals surface area contributed by atoms with Gasteiger partial charge in [0.25, 0.3) is 0 Å². The van der Waals surface area contributed by atoms with E-state index in [1.54, 1.807) is 0 Å². The molecule has 0 bridgehead atoms. The minimum absolute atomic E-state index is 0.217. The largest absolute Gasteiger partial charge is 0.459 e. The quantitative estimate of drug-likeness (QED) is 0.306. The summed E-state index contributed by atoms with van der Waals surface area (Å²) in [5, 5.41) is 13.4. The molecule has 4 nitrogen and oxygen atoms in total. The molecule has 156 valence electrons. The Bertz CT molecular complexity index is 350. The maximum atomic E-state index is 12.3. The highest BCUT2D eigenvalue weighted by Crippen LogP contribution is 2.14. The molecule has 0 aromatic heterocycles. The summed E-state index contributed by atoms with van der Waals surface area (Å²) < 4.78 is 5.50. The predicted octanol–water partition coefficient (Wildman–Crippen LogP) is 5.22. The lowest BCUT2D eigenvalue weighted by atomic mass is 10.0. The molecular weight excluding hydrogens is 326 g/mol. The second-order valence-electron chi connectivity index (χ2n) is 9.04. The summed E-state index contributed by atoms with van der Waals surface area (Å²) in [6, 6.07) is -0.345. The van der Waals surface area contributed by atoms with Gasteiger partial charge in [-0.15, -0.1) is 0 Å². The van der Waals surface area contributed by atoms with Crippen LogP contribution in [0.25, 0.3) is 0 Å². The molecule has 0 aliphatic rings. The van der Waals surface area contributed by atoms with Crippen LogP contribution in [0.15, 0.2) is 0 Å². The van der Waals surface area contributed by atoms with E-state index in [4.69, 9.17) is 4.74 Å². The summed E-state index contributed by atoms with van der Waals surface area (Å²) in [6.45, 7) is 12.5. The molecular formula is C22H45NO3. The lowest BCUT2D eigenvalue weighted by Gasteiger charge is -2.26. The van der Waals surface area contributed by atoms with E-state index >= 15 is 0 Å². The van der Waals surface area contributed by atoms with Crippen LogP contribution in [-0.2, 0) is 9.53 Å². The molecule has 0 spiro atoms. The molecule has 1 unspecified atom stereocenters. The van der Waals surface area contributed by atoms with Crippen LogP contribution < -0.4 is 5.32 Å². The van der Waals surface area contributed by atoms with Gasteiger partial charge in [0.1, 0.15) is 11.6 Å². The Hall–Kier alpha value is -0.610. The van der Waals surface area contributed by atoms with Crippen LogP contribution in [0.1, 0.15) is 106 Å². The van der Waals surface area contributed by atoms with Crippen LogP contribution in [0.3, 0.4) is 0 Å². The number of aliphatic hydroxyl groups is 1. The first kappa shape index (κ1) is 25.4. The third-order valence-electron chi connectivity index (χ3n) is 4.39. The van der Waals surface area contributed by atoms with E-state index in [2.05, 4.69) is 26.1 Å². The van der Waals surface area contributed by atoms with E-state index in [9.17, 15) is 9.90 Å². The van der Waals surface area contributed by atoms with Gasteiger partial charge in [-0.05, 0) is 39.5 Å². The van der Waals surface area contributed by atoms with E-state index in [-0.39, 0.29) is 12.0 Å². The maximum absolute atomic E-state index is 12.3. The van der Waals surface area contributed by atoms with Crippen LogP contribution in [-0.4, -0.2) is 35.4 Å². The number of aliphatic hydroxyl groups excluding tert-OH is 1.